The summed E-state index contributed by atoms with van der Waals surface area (Å²) in [5.41, 5.74) is 0.586. The molecule has 2 aromatic rings. The number of aromatic amines is 1. The molecule has 84 valence electrons. The predicted molar refractivity (Wildman–Crippen MR) is 61.6 cm³/mol. The van der Waals surface area contributed by atoms with Gasteiger partial charge in [-0.15, -0.1) is 0 Å². The Kier molecular flexibility index (Phi) is 2.88. The van der Waals surface area contributed by atoms with Crippen molar-refractivity contribution in [1.29, 1.82) is 5.26 Å². The minimum Gasteiger partial charge on any atom is -0.497 e. The van der Waals surface area contributed by atoms with Crippen LogP contribution in [0.3, 0.4) is 0 Å². The van der Waals surface area contributed by atoms with Crippen molar-refractivity contribution in [1.82, 2.24) is 9.97 Å². The molecule has 0 aliphatic carbocycles. The van der Waals surface area contributed by atoms with Gasteiger partial charge in [-0.1, -0.05) is 12.1 Å². The van der Waals surface area contributed by atoms with Crippen LogP contribution in [-0.4, -0.2) is 17.1 Å². The molecule has 0 spiro atoms. The van der Waals surface area contributed by atoms with Crippen LogP contribution in [0, 0.1) is 11.3 Å². The largest absolute Gasteiger partial charge is 0.497 e. The number of aromatic nitrogens is 2. The Morgan fingerprint density at radius 1 is 1.47 bits per heavy atom. The van der Waals surface area contributed by atoms with E-state index in [2.05, 4.69) is 9.97 Å². The van der Waals surface area contributed by atoms with Gasteiger partial charge in [0.2, 0.25) is 0 Å². The average molecular weight is 227 g/mol. The van der Waals surface area contributed by atoms with Gasteiger partial charge in [0.1, 0.15) is 17.4 Å². The molecule has 0 radical (unpaired) electrons. The highest BCUT2D eigenvalue weighted by atomic mass is 16.5. The number of hydrogen-bond donors (Lipinski definition) is 1. The molecule has 5 heteroatoms. The number of methoxy groups -OCH3 is 1. The van der Waals surface area contributed by atoms with Crippen LogP contribution in [0.1, 0.15) is 5.56 Å². The third-order valence-corrected chi connectivity index (χ3v) is 2.31. The molecule has 0 bridgehead atoms. The number of nitriles is 1. The Hall–Kier alpha value is -2.61. The highest BCUT2D eigenvalue weighted by molar-refractivity contribution is 5.66. The molecule has 5 nitrogen and oxygen atoms in total. The van der Waals surface area contributed by atoms with Crippen molar-refractivity contribution >= 4 is 0 Å². The van der Waals surface area contributed by atoms with Crippen molar-refractivity contribution in [3.63, 3.8) is 0 Å². The van der Waals surface area contributed by atoms with Crippen molar-refractivity contribution in [2.24, 2.45) is 0 Å². The second kappa shape index (κ2) is 4.49. The summed E-state index contributed by atoms with van der Waals surface area (Å²) in [4.78, 5) is 17.8. The van der Waals surface area contributed by atoms with Crippen LogP contribution in [0.25, 0.3) is 11.3 Å². The first-order valence-electron chi connectivity index (χ1n) is 4.88. The van der Waals surface area contributed by atoms with E-state index in [0.29, 0.717) is 17.0 Å². The maximum atomic E-state index is 11.4. The molecule has 1 heterocycles. The number of H-pyrrole nitrogens is 1. The molecular formula is C12H9N3O2. The van der Waals surface area contributed by atoms with E-state index in [1.54, 1.807) is 31.4 Å². The first kappa shape index (κ1) is 10.9. The van der Waals surface area contributed by atoms with Crippen LogP contribution >= 0.6 is 0 Å². The van der Waals surface area contributed by atoms with Crippen LogP contribution in [0.5, 0.6) is 5.75 Å². The lowest BCUT2D eigenvalue weighted by Gasteiger charge is -2.04. The third kappa shape index (κ3) is 2.01. The van der Waals surface area contributed by atoms with E-state index < -0.39 is 5.56 Å². The second-order valence-corrected chi connectivity index (χ2v) is 3.30. The predicted octanol–water partition coefficient (Wildman–Crippen LogP) is 1.32. The highest BCUT2D eigenvalue weighted by Crippen LogP contribution is 2.22. The lowest BCUT2D eigenvalue weighted by molar-refractivity contribution is 0.415. The van der Waals surface area contributed by atoms with Gasteiger partial charge in [0.25, 0.3) is 5.56 Å². The molecule has 2 rings (SSSR count). The molecule has 1 aromatic carbocycles. The minimum atomic E-state index is -0.444. The summed E-state index contributed by atoms with van der Waals surface area (Å²) in [5.74, 6) is 0.647. The summed E-state index contributed by atoms with van der Waals surface area (Å²) in [6, 6.07) is 8.90. The average Bonchev–Trinajstić information content (AvgIpc) is 2.38. The third-order valence-electron chi connectivity index (χ3n) is 2.31. The van der Waals surface area contributed by atoms with E-state index >= 15 is 0 Å². The van der Waals surface area contributed by atoms with Crippen LogP contribution < -0.4 is 10.3 Å². The van der Waals surface area contributed by atoms with Crippen LogP contribution in [0.2, 0.25) is 0 Å². The van der Waals surface area contributed by atoms with Gasteiger partial charge in [0.15, 0.2) is 0 Å². The van der Waals surface area contributed by atoms with E-state index in [1.165, 1.54) is 6.33 Å². The number of rotatable bonds is 2. The summed E-state index contributed by atoms with van der Waals surface area (Å²) < 4.78 is 5.08. The molecule has 0 aliphatic heterocycles. The zero-order valence-corrected chi connectivity index (χ0v) is 9.10. The highest BCUT2D eigenvalue weighted by Gasteiger charge is 2.10. The molecule has 1 aromatic heterocycles. The van der Waals surface area contributed by atoms with Gasteiger partial charge in [-0.3, -0.25) is 4.79 Å². The monoisotopic (exact) mass is 227 g/mol. The van der Waals surface area contributed by atoms with Gasteiger partial charge in [0.05, 0.1) is 19.1 Å². The summed E-state index contributed by atoms with van der Waals surface area (Å²) in [6.45, 7) is 0. The molecule has 1 N–H and O–H groups in total. The fraction of sp³-hybridized carbons (Fsp3) is 0.0833. The van der Waals surface area contributed by atoms with Gasteiger partial charge in [0, 0.05) is 5.56 Å². The molecule has 0 aliphatic rings. The first-order chi connectivity index (χ1) is 8.26. The Labute approximate surface area is 97.3 Å². The van der Waals surface area contributed by atoms with Crippen LogP contribution in [-0.2, 0) is 0 Å². The number of benzene rings is 1. The van der Waals surface area contributed by atoms with E-state index in [9.17, 15) is 4.79 Å². The Balaban J connectivity index is 2.65. The maximum Gasteiger partial charge on any atom is 0.269 e. The van der Waals surface area contributed by atoms with Gasteiger partial charge in [-0.25, -0.2) is 4.98 Å². The summed E-state index contributed by atoms with van der Waals surface area (Å²) >= 11 is 0. The lowest BCUT2D eigenvalue weighted by Crippen LogP contribution is -2.12. The fourth-order valence-electron chi connectivity index (χ4n) is 1.49. The van der Waals surface area contributed by atoms with Gasteiger partial charge in [-0.2, -0.15) is 5.26 Å². The molecule has 17 heavy (non-hydrogen) atoms. The standard InChI is InChI=1S/C12H9N3O2/c1-17-9-4-2-3-8(5-9)11-10(6-13)12(16)15-7-14-11/h2-5,7H,1H3,(H,14,15,16). The maximum absolute atomic E-state index is 11.4. The summed E-state index contributed by atoms with van der Waals surface area (Å²) in [7, 11) is 1.55. The molecule has 0 saturated heterocycles. The zero-order chi connectivity index (χ0) is 12.3. The second-order valence-electron chi connectivity index (χ2n) is 3.30. The first-order valence-corrected chi connectivity index (χ1v) is 4.88. The molecular weight excluding hydrogens is 218 g/mol. The number of hydrogen-bond acceptors (Lipinski definition) is 4. The Morgan fingerprint density at radius 2 is 2.29 bits per heavy atom. The fourth-order valence-corrected chi connectivity index (χ4v) is 1.49. The molecule has 0 amide bonds. The molecule has 0 unspecified atom stereocenters. The number of nitrogens with one attached hydrogen (secondary N) is 1. The molecule has 0 atom stereocenters. The van der Waals surface area contributed by atoms with E-state index in [0.717, 1.165) is 0 Å². The lowest BCUT2D eigenvalue weighted by atomic mass is 10.1. The topological polar surface area (TPSA) is 78.8 Å². The van der Waals surface area contributed by atoms with Gasteiger partial charge in [-0.05, 0) is 12.1 Å². The van der Waals surface area contributed by atoms with Crippen LogP contribution in [0.4, 0.5) is 0 Å². The SMILES string of the molecule is COc1cccc(-c2nc[nH]c(=O)c2C#N)c1. The van der Waals surface area contributed by atoms with Crippen LogP contribution in [0.15, 0.2) is 35.4 Å². The minimum absolute atomic E-state index is 0.000697. The number of ether oxygens (including phenoxy) is 1. The number of nitrogens with zero attached hydrogens (tertiary/aromatic N) is 2. The van der Waals surface area contributed by atoms with Gasteiger partial charge >= 0.3 is 0 Å². The Bertz CT molecular complexity index is 641. The summed E-state index contributed by atoms with van der Waals surface area (Å²) in [5, 5.41) is 8.95. The molecule has 0 fully saturated rings. The van der Waals surface area contributed by atoms with Crippen molar-refractivity contribution in [2.45, 2.75) is 0 Å². The normalized spacial score (nSPS) is 9.65. The van der Waals surface area contributed by atoms with Crippen molar-refractivity contribution in [2.75, 3.05) is 7.11 Å². The van der Waals surface area contributed by atoms with Crippen molar-refractivity contribution < 1.29 is 4.74 Å². The van der Waals surface area contributed by atoms with E-state index in [-0.39, 0.29) is 5.56 Å². The zero-order valence-electron chi connectivity index (χ0n) is 9.10. The van der Waals surface area contributed by atoms with Crippen molar-refractivity contribution in [3.05, 3.63) is 46.5 Å². The van der Waals surface area contributed by atoms with Gasteiger partial charge < -0.3 is 9.72 Å². The summed E-state index contributed by atoms with van der Waals surface area (Å²) in [6.07, 6.45) is 1.28. The Morgan fingerprint density at radius 3 is 3.00 bits per heavy atom. The van der Waals surface area contributed by atoms with Crippen molar-refractivity contribution in [3.8, 4) is 23.1 Å². The molecule has 0 saturated carbocycles. The quantitative estimate of drug-likeness (QED) is 0.839. The smallest absolute Gasteiger partial charge is 0.269 e. The van der Waals surface area contributed by atoms with E-state index in [4.69, 9.17) is 10.00 Å². The van der Waals surface area contributed by atoms with E-state index in [1.807, 2.05) is 6.07 Å².